The molecule has 2 saturated heterocycles. The standard InChI is InChI=1S/C25H34N4O3/c1-31-23-7-5-22(6-8-23)27-25(30)9-4-21-19-28(18-20-3-2-11-26-17-20)12-10-24(21)29-13-15-32-16-14-29/h2-3,5-8,11,17,21,24H,4,9-10,12-16,18-19H2,1H3,(H,27,30)/t21-,24+/m0/s1. The van der Waals surface area contributed by atoms with E-state index in [2.05, 4.69) is 26.2 Å². The number of benzene rings is 1. The van der Waals surface area contributed by atoms with Crippen molar-refractivity contribution in [2.75, 3.05) is 51.8 Å². The second-order valence-corrected chi connectivity index (χ2v) is 8.68. The molecule has 2 aromatic rings. The normalized spacial score (nSPS) is 22.4. The summed E-state index contributed by atoms with van der Waals surface area (Å²) in [5, 5.41) is 3.03. The van der Waals surface area contributed by atoms with Gasteiger partial charge in [0.05, 0.1) is 20.3 Å². The van der Waals surface area contributed by atoms with Gasteiger partial charge in [0.15, 0.2) is 0 Å². The van der Waals surface area contributed by atoms with Crippen molar-refractivity contribution in [1.29, 1.82) is 0 Å². The number of ether oxygens (including phenoxy) is 2. The van der Waals surface area contributed by atoms with Crippen LogP contribution in [-0.4, -0.2) is 73.2 Å². The zero-order chi connectivity index (χ0) is 22.2. The van der Waals surface area contributed by atoms with E-state index >= 15 is 0 Å². The number of amides is 1. The fraction of sp³-hybridized carbons (Fsp3) is 0.520. The Morgan fingerprint density at radius 3 is 2.72 bits per heavy atom. The highest BCUT2D eigenvalue weighted by molar-refractivity contribution is 5.90. The first-order valence-corrected chi connectivity index (χ1v) is 11.6. The molecule has 1 N–H and O–H groups in total. The van der Waals surface area contributed by atoms with Crippen LogP contribution in [0.1, 0.15) is 24.8 Å². The molecule has 7 nitrogen and oxygen atoms in total. The quantitative estimate of drug-likeness (QED) is 0.683. The van der Waals surface area contributed by atoms with Crippen molar-refractivity contribution < 1.29 is 14.3 Å². The number of likely N-dealkylation sites (tertiary alicyclic amines) is 1. The van der Waals surface area contributed by atoms with Gasteiger partial charge in [0.2, 0.25) is 5.91 Å². The highest BCUT2D eigenvalue weighted by Gasteiger charge is 2.34. The average Bonchev–Trinajstić information content (AvgIpc) is 2.84. The van der Waals surface area contributed by atoms with Crippen LogP contribution >= 0.6 is 0 Å². The summed E-state index contributed by atoms with van der Waals surface area (Å²) in [7, 11) is 1.64. The highest BCUT2D eigenvalue weighted by Crippen LogP contribution is 2.28. The molecule has 0 saturated carbocycles. The number of anilines is 1. The summed E-state index contributed by atoms with van der Waals surface area (Å²) in [6.45, 7) is 6.58. The summed E-state index contributed by atoms with van der Waals surface area (Å²) in [5.74, 6) is 1.31. The van der Waals surface area contributed by atoms with Gasteiger partial charge in [0.25, 0.3) is 0 Å². The minimum absolute atomic E-state index is 0.0697. The minimum atomic E-state index is 0.0697. The molecule has 1 aromatic heterocycles. The summed E-state index contributed by atoms with van der Waals surface area (Å²) in [4.78, 5) is 22.0. The van der Waals surface area contributed by atoms with Crippen molar-refractivity contribution in [2.24, 2.45) is 5.92 Å². The summed E-state index contributed by atoms with van der Waals surface area (Å²) in [6, 6.07) is 12.1. The average molecular weight is 439 g/mol. The van der Waals surface area contributed by atoms with Gasteiger partial charge in [-0.1, -0.05) is 6.07 Å². The zero-order valence-corrected chi connectivity index (χ0v) is 18.9. The van der Waals surface area contributed by atoms with Crippen molar-refractivity contribution in [3.8, 4) is 5.75 Å². The van der Waals surface area contributed by atoms with Crippen LogP contribution in [0.15, 0.2) is 48.8 Å². The number of pyridine rings is 1. The second kappa shape index (κ2) is 11.4. The van der Waals surface area contributed by atoms with E-state index in [-0.39, 0.29) is 5.91 Å². The van der Waals surface area contributed by atoms with Crippen molar-refractivity contribution in [3.63, 3.8) is 0 Å². The van der Waals surface area contributed by atoms with Gasteiger partial charge in [-0.05, 0) is 61.2 Å². The van der Waals surface area contributed by atoms with E-state index in [1.54, 1.807) is 7.11 Å². The molecule has 0 unspecified atom stereocenters. The molecular formula is C25H34N4O3. The Balaban J connectivity index is 1.35. The first-order valence-electron chi connectivity index (χ1n) is 11.6. The van der Waals surface area contributed by atoms with Crippen molar-refractivity contribution in [3.05, 3.63) is 54.4 Å². The lowest BCUT2D eigenvalue weighted by molar-refractivity contribution is -0.116. The lowest BCUT2D eigenvalue weighted by Crippen LogP contribution is -2.53. The van der Waals surface area contributed by atoms with Gasteiger partial charge in [0.1, 0.15) is 5.75 Å². The van der Waals surface area contributed by atoms with E-state index in [9.17, 15) is 4.79 Å². The van der Waals surface area contributed by atoms with Gasteiger partial charge < -0.3 is 14.8 Å². The molecular weight excluding hydrogens is 404 g/mol. The summed E-state index contributed by atoms with van der Waals surface area (Å²) < 4.78 is 10.8. The van der Waals surface area contributed by atoms with Gasteiger partial charge >= 0.3 is 0 Å². The number of carbonyl (C=O) groups is 1. The number of nitrogens with zero attached hydrogens (tertiary/aromatic N) is 3. The van der Waals surface area contributed by atoms with E-state index in [1.807, 2.05) is 42.7 Å². The Bertz CT molecular complexity index is 840. The van der Waals surface area contributed by atoms with E-state index in [4.69, 9.17) is 9.47 Å². The molecule has 2 aliphatic rings. The Labute approximate surface area is 190 Å². The predicted molar refractivity (Wildman–Crippen MR) is 125 cm³/mol. The van der Waals surface area contributed by atoms with Crippen LogP contribution in [0.4, 0.5) is 5.69 Å². The van der Waals surface area contributed by atoms with E-state index < -0.39 is 0 Å². The van der Waals surface area contributed by atoms with E-state index in [0.717, 1.165) is 70.2 Å². The molecule has 3 heterocycles. The van der Waals surface area contributed by atoms with E-state index in [0.29, 0.717) is 18.4 Å². The summed E-state index contributed by atoms with van der Waals surface area (Å²) in [5.41, 5.74) is 2.05. The smallest absolute Gasteiger partial charge is 0.224 e. The number of morpholine rings is 1. The molecule has 172 valence electrons. The molecule has 7 heteroatoms. The van der Waals surface area contributed by atoms with E-state index in [1.165, 1.54) is 5.56 Å². The van der Waals surface area contributed by atoms with Gasteiger partial charge in [-0.2, -0.15) is 0 Å². The van der Waals surface area contributed by atoms with Crippen LogP contribution in [-0.2, 0) is 16.1 Å². The molecule has 32 heavy (non-hydrogen) atoms. The van der Waals surface area contributed by atoms with Crippen LogP contribution < -0.4 is 10.1 Å². The molecule has 0 bridgehead atoms. The molecule has 1 amide bonds. The van der Waals surface area contributed by atoms with Crippen LogP contribution in [0.5, 0.6) is 5.75 Å². The number of methoxy groups -OCH3 is 1. The van der Waals surface area contributed by atoms with Crippen LogP contribution in [0.3, 0.4) is 0 Å². The highest BCUT2D eigenvalue weighted by atomic mass is 16.5. The molecule has 2 fully saturated rings. The SMILES string of the molecule is COc1ccc(NC(=O)CC[C@H]2CN(Cc3cccnc3)CC[C@H]2N2CCOCC2)cc1. The Morgan fingerprint density at radius 2 is 2.00 bits per heavy atom. The Hall–Kier alpha value is -2.48. The maximum absolute atomic E-state index is 12.7. The lowest BCUT2D eigenvalue weighted by atomic mass is 9.86. The van der Waals surface area contributed by atoms with Crippen molar-refractivity contribution in [1.82, 2.24) is 14.8 Å². The molecule has 0 radical (unpaired) electrons. The van der Waals surface area contributed by atoms with Crippen molar-refractivity contribution >= 4 is 11.6 Å². The molecule has 4 rings (SSSR count). The van der Waals surface area contributed by atoms with Crippen molar-refractivity contribution in [2.45, 2.75) is 31.8 Å². The number of rotatable bonds is 8. The van der Waals surface area contributed by atoms with Crippen LogP contribution in [0.25, 0.3) is 0 Å². The predicted octanol–water partition coefficient (Wildman–Crippen LogP) is 3.03. The second-order valence-electron chi connectivity index (χ2n) is 8.68. The van der Waals surface area contributed by atoms with Crippen LogP contribution in [0.2, 0.25) is 0 Å². The lowest BCUT2D eigenvalue weighted by Gasteiger charge is -2.45. The molecule has 0 spiro atoms. The number of piperidine rings is 1. The summed E-state index contributed by atoms with van der Waals surface area (Å²) >= 11 is 0. The fourth-order valence-corrected chi connectivity index (χ4v) is 4.88. The number of nitrogens with one attached hydrogen (secondary N) is 1. The van der Waals surface area contributed by atoms with Gasteiger partial charge in [-0.25, -0.2) is 0 Å². The van der Waals surface area contributed by atoms with Gasteiger partial charge in [-0.15, -0.1) is 0 Å². The monoisotopic (exact) mass is 438 g/mol. The Kier molecular flexibility index (Phi) is 8.09. The molecule has 1 aromatic carbocycles. The van der Waals surface area contributed by atoms with Gasteiger partial charge in [0, 0.05) is 56.7 Å². The largest absolute Gasteiger partial charge is 0.497 e. The third kappa shape index (κ3) is 6.28. The van der Waals surface area contributed by atoms with Gasteiger partial charge in [-0.3, -0.25) is 19.6 Å². The topological polar surface area (TPSA) is 66.9 Å². The first-order chi connectivity index (χ1) is 15.7. The third-order valence-corrected chi connectivity index (χ3v) is 6.54. The molecule has 2 atom stereocenters. The Morgan fingerprint density at radius 1 is 1.19 bits per heavy atom. The van der Waals surface area contributed by atoms with Crippen LogP contribution in [0, 0.1) is 5.92 Å². The number of hydrogen-bond acceptors (Lipinski definition) is 6. The minimum Gasteiger partial charge on any atom is -0.497 e. The fourth-order valence-electron chi connectivity index (χ4n) is 4.88. The zero-order valence-electron chi connectivity index (χ0n) is 18.9. The number of aromatic nitrogens is 1. The first kappa shape index (κ1) is 22.7. The number of hydrogen-bond donors (Lipinski definition) is 1. The molecule has 2 aliphatic heterocycles. The third-order valence-electron chi connectivity index (χ3n) is 6.54. The maximum Gasteiger partial charge on any atom is 0.224 e. The molecule has 0 aliphatic carbocycles. The number of carbonyl (C=O) groups excluding carboxylic acids is 1. The maximum atomic E-state index is 12.7. The summed E-state index contributed by atoms with van der Waals surface area (Å²) in [6.07, 6.45) is 6.31.